The molecule has 1 fully saturated rings. The summed E-state index contributed by atoms with van der Waals surface area (Å²) in [6, 6.07) is 51.1. The number of rotatable bonds is 6. The number of benzene rings is 5. The first kappa shape index (κ1) is 22.8. The van der Waals surface area contributed by atoms with Gasteiger partial charge in [0.1, 0.15) is 5.41 Å². The first-order valence-corrected chi connectivity index (χ1v) is 12.6. The summed E-state index contributed by atoms with van der Waals surface area (Å²) in [5.41, 5.74) is 5.41. The van der Waals surface area contributed by atoms with Crippen LogP contribution in [0, 0.1) is 0 Å². The highest BCUT2D eigenvalue weighted by Crippen LogP contribution is 2.51. The molecule has 1 amide bonds. The second-order valence-corrected chi connectivity index (χ2v) is 9.31. The average molecular weight is 478 g/mol. The molecule has 0 saturated carbocycles. The van der Waals surface area contributed by atoms with Gasteiger partial charge in [-0.1, -0.05) is 146 Å². The molecule has 5 aromatic rings. The molecule has 178 valence electrons. The van der Waals surface area contributed by atoms with E-state index in [9.17, 15) is 4.79 Å². The van der Waals surface area contributed by atoms with Gasteiger partial charge < -0.3 is 4.90 Å². The van der Waals surface area contributed by atoms with Gasteiger partial charge in [0, 0.05) is 5.69 Å². The second kappa shape index (κ2) is 9.75. The van der Waals surface area contributed by atoms with E-state index < -0.39 is 5.41 Å². The van der Waals surface area contributed by atoms with E-state index in [0.717, 1.165) is 33.5 Å². The lowest BCUT2D eigenvalue weighted by Gasteiger charge is -2.56. The Hall–Kier alpha value is -4.69. The van der Waals surface area contributed by atoms with Crippen LogP contribution in [0.2, 0.25) is 0 Å². The Bertz CT molecular complexity index is 1430. The third-order valence-corrected chi connectivity index (χ3v) is 7.26. The maximum absolute atomic E-state index is 14.4. The summed E-state index contributed by atoms with van der Waals surface area (Å²) in [5, 5.41) is 0. The number of nitrogens with zero attached hydrogens (tertiary/aromatic N) is 1. The highest BCUT2D eigenvalue weighted by Gasteiger charge is 2.62. The topological polar surface area (TPSA) is 20.3 Å². The Morgan fingerprint density at radius 2 is 0.919 bits per heavy atom. The van der Waals surface area contributed by atoms with Gasteiger partial charge in [0.25, 0.3) is 0 Å². The molecule has 0 aliphatic carbocycles. The maximum atomic E-state index is 14.4. The zero-order valence-electron chi connectivity index (χ0n) is 20.4. The number of hydrogen-bond donors (Lipinski definition) is 0. The zero-order chi connectivity index (χ0) is 25.1. The molecule has 0 bridgehead atoms. The van der Waals surface area contributed by atoms with Crippen LogP contribution in [0.15, 0.2) is 158 Å². The molecule has 1 saturated heterocycles. The van der Waals surface area contributed by atoms with E-state index in [2.05, 4.69) is 78.9 Å². The fourth-order valence-corrected chi connectivity index (χ4v) is 5.55. The molecule has 1 unspecified atom stereocenters. The summed E-state index contributed by atoms with van der Waals surface area (Å²) in [6.07, 6.45) is 2.29. The number of amides is 1. The molecule has 0 radical (unpaired) electrons. The molecule has 0 spiro atoms. The smallest absolute Gasteiger partial charge is 0.245 e. The van der Waals surface area contributed by atoms with Crippen molar-refractivity contribution in [1.29, 1.82) is 0 Å². The Labute approximate surface area is 218 Å². The molecular weight excluding hydrogens is 450 g/mol. The molecule has 2 nitrogen and oxygen atoms in total. The molecule has 37 heavy (non-hydrogen) atoms. The lowest BCUT2D eigenvalue weighted by atomic mass is 9.61. The van der Waals surface area contributed by atoms with E-state index in [0.29, 0.717) is 0 Å². The van der Waals surface area contributed by atoms with Crippen molar-refractivity contribution in [3.8, 4) is 0 Å². The lowest BCUT2D eigenvalue weighted by molar-refractivity contribution is -0.129. The number of carbonyl (C=O) groups excluding carboxylic acids is 1. The molecular formula is C35H27NO. The third-order valence-electron chi connectivity index (χ3n) is 7.26. The van der Waals surface area contributed by atoms with Gasteiger partial charge in [-0.25, -0.2) is 0 Å². The monoisotopic (exact) mass is 477 g/mol. The third kappa shape index (κ3) is 3.88. The van der Waals surface area contributed by atoms with Crippen molar-refractivity contribution >= 4 is 17.2 Å². The normalized spacial score (nSPS) is 16.1. The van der Waals surface area contributed by atoms with Crippen LogP contribution >= 0.6 is 0 Å². The van der Waals surface area contributed by atoms with Gasteiger partial charge in [0.05, 0.1) is 6.04 Å². The summed E-state index contributed by atoms with van der Waals surface area (Å²) in [4.78, 5) is 16.4. The van der Waals surface area contributed by atoms with Crippen LogP contribution in [0.25, 0.3) is 5.57 Å². The molecule has 5 aromatic carbocycles. The number of hydrogen-bond acceptors (Lipinski definition) is 1. The van der Waals surface area contributed by atoms with Crippen LogP contribution in [0.4, 0.5) is 5.69 Å². The Balaban J connectivity index is 1.64. The van der Waals surface area contributed by atoms with E-state index >= 15 is 0 Å². The van der Waals surface area contributed by atoms with Gasteiger partial charge in [0.15, 0.2) is 0 Å². The van der Waals surface area contributed by atoms with Gasteiger partial charge in [0.2, 0.25) is 5.91 Å². The summed E-state index contributed by atoms with van der Waals surface area (Å²) in [6.45, 7) is 0. The number of β-lactam (4-membered cyclic amide) rings is 1. The van der Waals surface area contributed by atoms with Gasteiger partial charge in [-0.05, 0) is 40.0 Å². The summed E-state index contributed by atoms with van der Waals surface area (Å²) < 4.78 is 0. The first-order valence-electron chi connectivity index (χ1n) is 12.6. The Morgan fingerprint density at radius 1 is 0.541 bits per heavy atom. The van der Waals surface area contributed by atoms with Crippen LogP contribution in [0.5, 0.6) is 0 Å². The van der Waals surface area contributed by atoms with Crippen molar-refractivity contribution in [1.82, 2.24) is 0 Å². The van der Waals surface area contributed by atoms with E-state index in [1.54, 1.807) is 0 Å². The fraction of sp³-hybridized carbons (Fsp3) is 0.0571. The van der Waals surface area contributed by atoms with Crippen molar-refractivity contribution < 1.29 is 4.79 Å². The summed E-state index contributed by atoms with van der Waals surface area (Å²) in [5.74, 6) is 0.0813. The van der Waals surface area contributed by atoms with Crippen LogP contribution in [0.3, 0.4) is 0 Å². The highest BCUT2D eigenvalue weighted by atomic mass is 16.2. The number of carbonyl (C=O) groups is 1. The molecule has 1 atom stereocenters. The molecule has 6 rings (SSSR count). The summed E-state index contributed by atoms with van der Waals surface area (Å²) >= 11 is 0. The van der Waals surface area contributed by atoms with Crippen molar-refractivity contribution in [3.63, 3.8) is 0 Å². The van der Waals surface area contributed by atoms with Gasteiger partial charge >= 0.3 is 0 Å². The molecule has 0 aromatic heterocycles. The number of anilines is 1. The summed E-state index contributed by atoms with van der Waals surface area (Å²) in [7, 11) is 0. The Kier molecular flexibility index (Phi) is 6.00. The Morgan fingerprint density at radius 3 is 1.35 bits per heavy atom. The molecule has 1 aliphatic rings. The maximum Gasteiger partial charge on any atom is 0.245 e. The molecule has 1 heterocycles. The van der Waals surface area contributed by atoms with Crippen LogP contribution in [0.1, 0.15) is 22.3 Å². The van der Waals surface area contributed by atoms with Crippen molar-refractivity contribution in [2.75, 3.05) is 4.90 Å². The SMILES string of the molecule is O=C1N(c2ccccc2)C(C=C(c2ccccc2)c2ccccc2)C1(c1ccccc1)c1ccccc1. The highest BCUT2D eigenvalue weighted by molar-refractivity contribution is 6.13. The van der Waals surface area contributed by atoms with Crippen LogP contribution < -0.4 is 4.90 Å². The predicted molar refractivity (Wildman–Crippen MR) is 151 cm³/mol. The fourth-order valence-electron chi connectivity index (χ4n) is 5.55. The quantitative estimate of drug-likeness (QED) is 0.232. The van der Waals surface area contributed by atoms with Gasteiger partial charge in [-0.2, -0.15) is 0 Å². The number of para-hydroxylation sites is 1. The minimum atomic E-state index is -0.840. The molecule has 2 heteroatoms. The van der Waals surface area contributed by atoms with Crippen LogP contribution in [-0.4, -0.2) is 11.9 Å². The molecule has 1 aliphatic heterocycles. The lowest BCUT2D eigenvalue weighted by Crippen LogP contribution is -2.72. The van der Waals surface area contributed by atoms with Crippen molar-refractivity contribution in [2.24, 2.45) is 0 Å². The minimum Gasteiger partial charge on any atom is -0.303 e. The van der Waals surface area contributed by atoms with E-state index in [4.69, 9.17) is 0 Å². The second-order valence-electron chi connectivity index (χ2n) is 9.31. The van der Waals surface area contributed by atoms with Gasteiger partial charge in [-0.15, -0.1) is 0 Å². The largest absolute Gasteiger partial charge is 0.303 e. The zero-order valence-corrected chi connectivity index (χ0v) is 20.4. The average Bonchev–Trinajstić information content (AvgIpc) is 2.98. The van der Waals surface area contributed by atoms with E-state index in [-0.39, 0.29) is 11.9 Å². The minimum absolute atomic E-state index is 0.0813. The van der Waals surface area contributed by atoms with Crippen molar-refractivity contribution in [3.05, 3.63) is 180 Å². The van der Waals surface area contributed by atoms with Crippen LogP contribution in [-0.2, 0) is 10.2 Å². The first-order chi connectivity index (χ1) is 18.3. The van der Waals surface area contributed by atoms with E-state index in [1.165, 1.54) is 0 Å². The van der Waals surface area contributed by atoms with Gasteiger partial charge in [-0.3, -0.25) is 4.79 Å². The predicted octanol–water partition coefficient (Wildman–Crippen LogP) is 7.52. The molecule has 0 N–H and O–H groups in total. The van der Waals surface area contributed by atoms with E-state index in [1.807, 2.05) is 83.8 Å². The van der Waals surface area contributed by atoms with Crippen molar-refractivity contribution in [2.45, 2.75) is 11.5 Å². The standard InChI is InChI=1S/C35H27NO/c37-34-35(29-20-10-3-11-21-29,30-22-12-4-13-23-30)33(36(34)31-24-14-5-15-25-31)26-32(27-16-6-1-7-17-27)28-18-8-2-9-19-28/h1-26,33H.